The Hall–Kier alpha value is -9.88. The molecule has 0 saturated carbocycles. The quantitative estimate of drug-likeness (QED) is 0.146. The fraction of sp³-hybridized carbons (Fsp3) is 0.116. The monoisotopic (exact) mass is 1100 g/mol. The molecule has 0 spiro atoms. The van der Waals surface area contributed by atoms with Gasteiger partial charge in [-0.2, -0.15) is 0 Å². The lowest BCUT2D eigenvalue weighted by molar-refractivity contribution is 0.660. The van der Waals surface area contributed by atoms with E-state index in [9.17, 15) is 0 Å². The number of fused-ring (bicyclic) bond motifs is 13. The first-order valence-corrected chi connectivity index (χ1v) is 30.7. The first-order valence-electron chi connectivity index (χ1n) is 30.7. The second-order valence-electron chi connectivity index (χ2n) is 26.3. The van der Waals surface area contributed by atoms with E-state index in [1.807, 2.05) is 0 Å². The van der Waals surface area contributed by atoms with Gasteiger partial charge in [0.15, 0.2) is 0 Å². The molecule has 0 aliphatic heterocycles. The summed E-state index contributed by atoms with van der Waals surface area (Å²) < 4.78 is 0. The standard InChI is InChI=1S/C86H64/c1-51-28-30-52(31-29-51)53-32-34-54(35-33-53)80-66-19-8-10-21-68(66)81(69-22-11-9-20-67(69)80)58-39-44-64-62-41-36-55(46-75(62)85(4,5)78(64)49-58)56-37-42-63-65-45-40-59(50-79(65)86(6,7)76(63)47-56)83-72-25-14-12-23-70(72)82(71-24-13-15-26-73(71)83)57-38-43-61-60-18-16-17-27-74(60)84(2,3)77(61)48-57/h8-50H,1-7H3. The summed E-state index contributed by atoms with van der Waals surface area (Å²) in [6.45, 7) is 16.6. The average molecular weight is 1100 g/mol. The molecule has 14 aromatic rings. The minimum absolute atomic E-state index is 0.0832. The van der Waals surface area contributed by atoms with Crippen LogP contribution in [0.15, 0.2) is 261 Å². The van der Waals surface area contributed by atoms with Gasteiger partial charge < -0.3 is 0 Å². The molecule has 0 unspecified atom stereocenters. The minimum Gasteiger partial charge on any atom is -0.0619 e. The zero-order valence-corrected chi connectivity index (χ0v) is 49.8. The Morgan fingerprint density at radius 1 is 0.186 bits per heavy atom. The summed E-state index contributed by atoms with van der Waals surface area (Å²) in [4.78, 5) is 0. The number of hydrogen-bond acceptors (Lipinski definition) is 0. The van der Waals surface area contributed by atoms with Crippen molar-refractivity contribution in [3.05, 3.63) is 300 Å². The molecule has 3 aliphatic carbocycles. The first kappa shape index (κ1) is 50.6. The van der Waals surface area contributed by atoms with Crippen LogP contribution >= 0.6 is 0 Å². The molecule has 0 fully saturated rings. The molecular weight excluding hydrogens is 1030 g/mol. The maximum absolute atomic E-state index is 2.52. The Labute approximate surface area is 504 Å². The Balaban J connectivity index is 0.713. The third-order valence-corrected chi connectivity index (χ3v) is 20.6. The summed E-state index contributed by atoms with van der Waals surface area (Å²) >= 11 is 0. The highest BCUT2D eigenvalue weighted by Gasteiger charge is 2.39. The summed E-state index contributed by atoms with van der Waals surface area (Å²) in [5.74, 6) is 0. The largest absolute Gasteiger partial charge is 0.0619 e. The highest BCUT2D eigenvalue weighted by Crippen LogP contribution is 2.56. The molecule has 0 N–H and O–H groups in total. The third kappa shape index (κ3) is 7.23. The van der Waals surface area contributed by atoms with Crippen molar-refractivity contribution in [1.29, 1.82) is 0 Å². The van der Waals surface area contributed by atoms with Crippen molar-refractivity contribution in [2.24, 2.45) is 0 Å². The van der Waals surface area contributed by atoms with Crippen molar-refractivity contribution in [3.63, 3.8) is 0 Å². The summed E-state index contributed by atoms with van der Waals surface area (Å²) in [5.41, 5.74) is 32.3. The van der Waals surface area contributed by atoms with Crippen molar-refractivity contribution in [3.8, 4) is 100 Å². The van der Waals surface area contributed by atoms with Crippen LogP contribution in [0.2, 0.25) is 0 Å². The molecule has 86 heavy (non-hydrogen) atoms. The van der Waals surface area contributed by atoms with Crippen molar-refractivity contribution >= 4 is 43.1 Å². The maximum Gasteiger partial charge on any atom is 0.0159 e. The summed E-state index contributed by atoms with van der Waals surface area (Å²) in [5, 5.41) is 10.2. The summed E-state index contributed by atoms with van der Waals surface area (Å²) in [7, 11) is 0. The highest BCUT2D eigenvalue weighted by molar-refractivity contribution is 6.23. The van der Waals surface area contributed by atoms with E-state index in [-0.39, 0.29) is 16.2 Å². The van der Waals surface area contributed by atoms with E-state index < -0.39 is 0 Å². The third-order valence-electron chi connectivity index (χ3n) is 20.6. The molecule has 0 bridgehead atoms. The van der Waals surface area contributed by atoms with Crippen LogP contribution in [0.5, 0.6) is 0 Å². The second-order valence-corrected chi connectivity index (χ2v) is 26.3. The topological polar surface area (TPSA) is 0 Å². The van der Waals surface area contributed by atoms with Gasteiger partial charge in [-0.3, -0.25) is 0 Å². The highest BCUT2D eigenvalue weighted by atomic mass is 14.4. The van der Waals surface area contributed by atoms with Crippen molar-refractivity contribution < 1.29 is 0 Å². The molecule has 0 aromatic heterocycles. The molecule has 0 saturated heterocycles. The average Bonchev–Trinajstić information content (AvgIpc) is 1.84. The second kappa shape index (κ2) is 18.3. The molecule has 0 nitrogen and oxygen atoms in total. The van der Waals surface area contributed by atoms with Gasteiger partial charge in [0, 0.05) is 16.2 Å². The van der Waals surface area contributed by atoms with Crippen LogP contribution in [0.3, 0.4) is 0 Å². The van der Waals surface area contributed by atoms with Crippen LogP contribution < -0.4 is 0 Å². The van der Waals surface area contributed by atoms with Crippen LogP contribution in [0.4, 0.5) is 0 Å². The molecule has 0 heterocycles. The number of rotatable bonds is 6. The van der Waals surface area contributed by atoms with Crippen LogP contribution in [0, 0.1) is 6.92 Å². The van der Waals surface area contributed by atoms with E-state index in [0.717, 1.165) is 0 Å². The molecular formula is C86H64. The van der Waals surface area contributed by atoms with Crippen LogP contribution in [0.25, 0.3) is 143 Å². The molecule has 0 radical (unpaired) electrons. The molecule has 0 atom stereocenters. The van der Waals surface area contributed by atoms with Gasteiger partial charge in [-0.05, 0) is 214 Å². The van der Waals surface area contributed by atoms with E-state index in [2.05, 4.69) is 309 Å². The predicted molar refractivity (Wildman–Crippen MR) is 367 cm³/mol. The Morgan fingerprint density at radius 2 is 0.407 bits per heavy atom. The first-order chi connectivity index (χ1) is 41.8. The van der Waals surface area contributed by atoms with Crippen molar-refractivity contribution in [2.45, 2.75) is 64.7 Å². The molecule has 0 heteroatoms. The maximum atomic E-state index is 2.52. The van der Waals surface area contributed by atoms with Crippen LogP contribution in [-0.2, 0) is 16.2 Å². The van der Waals surface area contributed by atoms with Crippen LogP contribution in [0.1, 0.15) is 80.5 Å². The van der Waals surface area contributed by atoms with Crippen LogP contribution in [-0.4, -0.2) is 0 Å². The lowest BCUT2D eigenvalue weighted by Gasteiger charge is -2.24. The smallest absolute Gasteiger partial charge is 0.0159 e. The minimum atomic E-state index is -0.224. The van der Waals surface area contributed by atoms with Crippen molar-refractivity contribution in [1.82, 2.24) is 0 Å². The SMILES string of the molecule is Cc1ccc(-c2ccc(-c3c4ccccc4c(-c4ccc5c(c4)C(C)(C)c4cc(-c6ccc7c(c6)C(C)(C)c6cc(-c8c9ccccc9c(-c9ccc%10c(c9)C(C)(C)c9ccccc9-%10)c9ccccc89)ccc6-7)ccc4-5)c4ccccc34)cc2)cc1. The summed E-state index contributed by atoms with van der Waals surface area (Å²) in [6, 6.07) is 99.6. The van der Waals surface area contributed by atoms with E-state index in [1.165, 1.54) is 182 Å². The molecule has 17 rings (SSSR count). The zero-order valence-electron chi connectivity index (χ0n) is 49.8. The number of aryl methyl sites for hydroxylation is 1. The normalized spacial score (nSPS) is 14.5. The zero-order chi connectivity index (χ0) is 58.0. The Morgan fingerprint density at radius 3 is 0.744 bits per heavy atom. The fourth-order valence-electron chi connectivity index (χ4n) is 16.1. The Kier molecular flexibility index (Phi) is 10.8. The molecule has 0 amide bonds. The summed E-state index contributed by atoms with van der Waals surface area (Å²) in [6.07, 6.45) is 0. The van der Waals surface area contributed by atoms with E-state index >= 15 is 0 Å². The van der Waals surface area contributed by atoms with E-state index in [4.69, 9.17) is 0 Å². The lowest BCUT2D eigenvalue weighted by atomic mass is 9.79. The molecule has 14 aromatic carbocycles. The van der Waals surface area contributed by atoms with Gasteiger partial charge in [-0.25, -0.2) is 0 Å². The van der Waals surface area contributed by atoms with E-state index in [1.54, 1.807) is 0 Å². The van der Waals surface area contributed by atoms with Gasteiger partial charge in [-0.1, -0.05) is 278 Å². The van der Waals surface area contributed by atoms with Crippen molar-refractivity contribution in [2.75, 3.05) is 0 Å². The van der Waals surface area contributed by atoms with Gasteiger partial charge in [-0.15, -0.1) is 0 Å². The molecule has 408 valence electrons. The predicted octanol–water partition coefficient (Wildman–Crippen LogP) is 23.5. The Bertz CT molecular complexity index is 5120. The van der Waals surface area contributed by atoms with Gasteiger partial charge in [0.25, 0.3) is 0 Å². The van der Waals surface area contributed by atoms with Gasteiger partial charge in [0.2, 0.25) is 0 Å². The lowest BCUT2D eigenvalue weighted by Crippen LogP contribution is -2.15. The number of benzene rings is 14. The van der Waals surface area contributed by atoms with E-state index in [0.29, 0.717) is 0 Å². The molecule has 3 aliphatic rings. The fourth-order valence-corrected chi connectivity index (χ4v) is 16.1. The van der Waals surface area contributed by atoms with Gasteiger partial charge >= 0.3 is 0 Å². The van der Waals surface area contributed by atoms with Gasteiger partial charge in [0.05, 0.1) is 0 Å². The number of hydrogen-bond donors (Lipinski definition) is 0. The van der Waals surface area contributed by atoms with Gasteiger partial charge in [0.1, 0.15) is 0 Å².